The van der Waals surface area contributed by atoms with Gasteiger partial charge < -0.3 is 28.4 Å². The predicted molar refractivity (Wildman–Crippen MR) is 207 cm³/mol. The molecule has 6 heteroatoms. The summed E-state index contributed by atoms with van der Waals surface area (Å²) in [5.41, 5.74) is 6.14. The molecule has 6 rings (SSSR count). The molecular weight excluding hydrogens is 649 g/mol. The lowest BCUT2D eigenvalue weighted by Gasteiger charge is -2.45. The lowest BCUT2D eigenvalue weighted by Crippen LogP contribution is -2.66. The van der Waals surface area contributed by atoms with Crippen LogP contribution in [0.25, 0.3) is 0 Å². The average molecular weight is 701 g/mol. The van der Waals surface area contributed by atoms with Crippen molar-refractivity contribution in [2.24, 2.45) is 0 Å². The van der Waals surface area contributed by atoms with Gasteiger partial charge in [0.05, 0.1) is 0 Å². The second-order valence-corrected chi connectivity index (χ2v) is 13.2. The van der Waals surface area contributed by atoms with Crippen molar-refractivity contribution in [3.63, 3.8) is 0 Å². The molecule has 0 aromatic heterocycles. The van der Waals surface area contributed by atoms with Gasteiger partial charge in [-0.25, -0.2) is 0 Å². The molecule has 0 bridgehead atoms. The first-order valence-electron chi connectivity index (χ1n) is 18.9. The van der Waals surface area contributed by atoms with Crippen molar-refractivity contribution in [3.05, 3.63) is 149 Å². The molecule has 0 aliphatic carbocycles. The third-order valence-electron chi connectivity index (χ3n) is 9.73. The van der Waals surface area contributed by atoms with E-state index in [1.165, 1.54) is 27.8 Å². The maximum absolute atomic E-state index is 6.97. The van der Waals surface area contributed by atoms with E-state index in [-0.39, 0.29) is 6.61 Å². The zero-order valence-corrected chi connectivity index (χ0v) is 31.1. The van der Waals surface area contributed by atoms with Crippen LogP contribution in [0.2, 0.25) is 0 Å². The van der Waals surface area contributed by atoms with Crippen molar-refractivity contribution in [1.82, 2.24) is 0 Å². The molecular formula is C46H52O6. The lowest BCUT2D eigenvalue weighted by molar-refractivity contribution is -0.260. The summed E-state index contributed by atoms with van der Waals surface area (Å²) in [4.78, 5) is 0. The van der Waals surface area contributed by atoms with Crippen LogP contribution in [0, 0.1) is 0 Å². The molecule has 1 fully saturated rings. The third-order valence-corrected chi connectivity index (χ3v) is 9.73. The van der Waals surface area contributed by atoms with Gasteiger partial charge in [0.15, 0.2) is 12.2 Å². The Labute approximate surface area is 309 Å². The van der Waals surface area contributed by atoms with E-state index in [0.717, 1.165) is 37.9 Å². The minimum atomic E-state index is -0.864. The van der Waals surface area contributed by atoms with Gasteiger partial charge in [0.25, 0.3) is 0 Å². The Hall–Kier alpha value is -4.94. The molecule has 1 aliphatic heterocycles. The maximum atomic E-state index is 6.97. The molecule has 0 radical (unpaired) electrons. The summed E-state index contributed by atoms with van der Waals surface area (Å²) in [6, 6.07) is 40.8. The summed E-state index contributed by atoms with van der Waals surface area (Å²) in [5.74, 6) is 3.52. The van der Waals surface area contributed by atoms with Crippen LogP contribution in [0.1, 0.15) is 62.4 Å². The Kier molecular flexibility index (Phi) is 12.8. The molecule has 5 atom stereocenters. The summed E-state index contributed by atoms with van der Waals surface area (Å²) < 4.78 is 40.7. The SMILES string of the molecule is CCc1ccc(OCC2OC(Oc3ccc(CC)cc3)C(Oc3ccc(CC)cc3)C(Oc3ccc(CC)cc3)C2Oc2ccc(CC)cc2)cc1. The van der Waals surface area contributed by atoms with Crippen molar-refractivity contribution >= 4 is 0 Å². The van der Waals surface area contributed by atoms with E-state index in [9.17, 15) is 0 Å². The van der Waals surface area contributed by atoms with Crippen molar-refractivity contribution in [1.29, 1.82) is 0 Å². The number of hydrogen-bond acceptors (Lipinski definition) is 6. The summed E-state index contributed by atoms with van der Waals surface area (Å²) in [6.07, 6.45) is 1.18. The fraction of sp³-hybridized carbons (Fsp3) is 0.348. The predicted octanol–water partition coefficient (Wildman–Crippen LogP) is 10.0. The van der Waals surface area contributed by atoms with Gasteiger partial charge in [0.2, 0.25) is 12.4 Å². The number of benzene rings is 5. The quantitative estimate of drug-likeness (QED) is 0.102. The molecule has 0 amide bonds. The number of aryl methyl sites for hydroxylation is 5. The Bertz CT molecular complexity index is 1780. The van der Waals surface area contributed by atoms with E-state index in [1.807, 2.05) is 60.7 Å². The molecule has 0 N–H and O–H groups in total. The van der Waals surface area contributed by atoms with Crippen LogP contribution in [0.15, 0.2) is 121 Å². The van der Waals surface area contributed by atoms with Gasteiger partial charge in [0, 0.05) is 0 Å². The van der Waals surface area contributed by atoms with Gasteiger partial charge in [-0.05, 0) is 121 Å². The van der Waals surface area contributed by atoms with Gasteiger partial charge in [-0.15, -0.1) is 0 Å². The van der Waals surface area contributed by atoms with E-state index < -0.39 is 30.7 Å². The second kappa shape index (κ2) is 18.0. The summed E-state index contributed by atoms with van der Waals surface area (Å²) in [6.45, 7) is 10.9. The molecule has 272 valence electrons. The monoisotopic (exact) mass is 700 g/mol. The maximum Gasteiger partial charge on any atom is 0.241 e. The molecule has 1 saturated heterocycles. The van der Waals surface area contributed by atoms with Crippen LogP contribution in [-0.4, -0.2) is 37.3 Å². The fourth-order valence-corrected chi connectivity index (χ4v) is 6.33. The highest BCUT2D eigenvalue weighted by Gasteiger charge is 2.52. The number of ether oxygens (including phenoxy) is 6. The second-order valence-electron chi connectivity index (χ2n) is 13.2. The molecule has 5 aromatic carbocycles. The van der Waals surface area contributed by atoms with Gasteiger partial charge >= 0.3 is 0 Å². The van der Waals surface area contributed by atoms with Crippen molar-refractivity contribution < 1.29 is 28.4 Å². The highest BCUT2D eigenvalue weighted by Crippen LogP contribution is 2.34. The van der Waals surface area contributed by atoms with Crippen LogP contribution in [0.5, 0.6) is 28.7 Å². The van der Waals surface area contributed by atoms with Crippen LogP contribution >= 0.6 is 0 Å². The molecule has 0 saturated carbocycles. The standard InChI is InChI=1S/C46H52O6/c1-6-32-11-21-37(22-12-32)47-31-42-43(48-38-23-13-33(7-2)14-24-38)44(49-39-25-15-34(8-3)16-26-39)45(50-40-27-17-35(9-4)18-28-40)46(52-42)51-41-29-19-36(10-5)20-30-41/h11-30,42-46H,6-10,31H2,1-5H3. The van der Waals surface area contributed by atoms with Gasteiger partial charge in [-0.2, -0.15) is 0 Å². The summed E-state index contributed by atoms with van der Waals surface area (Å²) in [5, 5.41) is 0. The topological polar surface area (TPSA) is 55.4 Å². The molecule has 52 heavy (non-hydrogen) atoms. The van der Waals surface area contributed by atoms with Crippen LogP contribution in [0.3, 0.4) is 0 Å². The molecule has 1 heterocycles. The van der Waals surface area contributed by atoms with Crippen molar-refractivity contribution in [3.8, 4) is 28.7 Å². The van der Waals surface area contributed by atoms with Crippen LogP contribution in [-0.2, 0) is 36.8 Å². The van der Waals surface area contributed by atoms with E-state index in [1.54, 1.807) is 0 Å². The first kappa shape index (κ1) is 36.8. The zero-order valence-electron chi connectivity index (χ0n) is 31.1. The summed E-state index contributed by atoms with van der Waals surface area (Å²) >= 11 is 0. The zero-order chi connectivity index (χ0) is 36.3. The Balaban J connectivity index is 1.41. The molecule has 0 spiro atoms. The van der Waals surface area contributed by atoms with E-state index >= 15 is 0 Å². The van der Waals surface area contributed by atoms with Gasteiger partial charge in [-0.3, -0.25) is 0 Å². The Morgan fingerprint density at radius 3 is 1.04 bits per heavy atom. The first-order chi connectivity index (χ1) is 25.5. The van der Waals surface area contributed by atoms with Crippen LogP contribution < -0.4 is 23.7 Å². The highest BCUT2D eigenvalue weighted by atomic mass is 16.7. The van der Waals surface area contributed by atoms with E-state index in [0.29, 0.717) is 23.0 Å². The Morgan fingerprint density at radius 1 is 0.365 bits per heavy atom. The lowest BCUT2D eigenvalue weighted by atomic mass is 9.97. The molecule has 6 nitrogen and oxygen atoms in total. The summed E-state index contributed by atoms with van der Waals surface area (Å²) in [7, 11) is 0. The molecule has 5 unspecified atom stereocenters. The average Bonchev–Trinajstić information content (AvgIpc) is 3.20. The van der Waals surface area contributed by atoms with Gasteiger partial charge in [-0.1, -0.05) is 95.3 Å². The largest absolute Gasteiger partial charge is 0.491 e. The molecule has 1 aliphatic rings. The smallest absolute Gasteiger partial charge is 0.241 e. The molecule has 5 aromatic rings. The highest BCUT2D eigenvalue weighted by molar-refractivity contribution is 5.33. The first-order valence-corrected chi connectivity index (χ1v) is 18.9. The fourth-order valence-electron chi connectivity index (χ4n) is 6.33. The van der Waals surface area contributed by atoms with E-state index in [4.69, 9.17) is 28.4 Å². The minimum Gasteiger partial charge on any atom is -0.491 e. The normalized spacial score (nSPS) is 19.8. The van der Waals surface area contributed by atoms with Crippen molar-refractivity contribution in [2.75, 3.05) is 6.61 Å². The van der Waals surface area contributed by atoms with Gasteiger partial charge in [0.1, 0.15) is 41.5 Å². The third kappa shape index (κ3) is 9.48. The van der Waals surface area contributed by atoms with E-state index in [2.05, 4.69) is 95.3 Å². The Morgan fingerprint density at radius 2 is 0.673 bits per heavy atom. The van der Waals surface area contributed by atoms with Crippen molar-refractivity contribution in [2.45, 2.75) is 97.4 Å². The number of hydrogen-bond donors (Lipinski definition) is 0. The van der Waals surface area contributed by atoms with Crippen LogP contribution in [0.4, 0.5) is 0 Å². The minimum absolute atomic E-state index is 0.199. The number of rotatable bonds is 16.